The summed E-state index contributed by atoms with van der Waals surface area (Å²) in [6.45, 7) is 0.665. The number of benzene rings is 2. The summed E-state index contributed by atoms with van der Waals surface area (Å²) in [6.07, 6.45) is 1.68. The van der Waals surface area contributed by atoms with E-state index in [1.807, 2.05) is 48.5 Å². The number of hydrogen-bond donors (Lipinski definition) is 2. The normalized spacial score (nSPS) is 10.7. The van der Waals surface area contributed by atoms with E-state index in [0.29, 0.717) is 12.2 Å². The summed E-state index contributed by atoms with van der Waals surface area (Å²) in [7, 11) is 0. The van der Waals surface area contributed by atoms with Crippen molar-refractivity contribution in [3.8, 4) is 0 Å². The molecular weight excluding hydrogens is 270 g/mol. The van der Waals surface area contributed by atoms with Gasteiger partial charge in [0.2, 0.25) is 0 Å². The maximum Gasteiger partial charge on any atom is 0.0743 e. The van der Waals surface area contributed by atoms with Gasteiger partial charge in [-0.05, 0) is 23.8 Å². The summed E-state index contributed by atoms with van der Waals surface area (Å²) in [4.78, 5) is 4.32. The third-order valence-electron chi connectivity index (χ3n) is 3.16. The number of nitrogens with zero attached hydrogens (tertiary/aromatic N) is 1. The van der Waals surface area contributed by atoms with Gasteiger partial charge in [-0.25, -0.2) is 0 Å². The Morgan fingerprint density at radius 3 is 2.80 bits per heavy atom. The maximum atomic E-state index is 6.03. The SMILES string of the molecule is Nc1cnc2ccccc2c1NCc1cccc(Cl)c1. The first kappa shape index (κ1) is 12.8. The largest absolute Gasteiger partial charge is 0.396 e. The molecule has 0 radical (unpaired) electrons. The van der Waals surface area contributed by atoms with Crippen LogP contribution in [-0.4, -0.2) is 4.98 Å². The molecule has 0 fully saturated rings. The van der Waals surface area contributed by atoms with E-state index in [1.54, 1.807) is 6.20 Å². The van der Waals surface area contributed by atoms with Crippen LogP contribution in [-0.2, 0) is 6.54 Å². The zero-order valence-corrected chi connectivity index (χ0v) is 11.6. The minimum Gasteiger partial charge on any atom is -0.396 e. The van der Waals surface area contributed by atoms with Gasteiger partial charge in [-0.1, -0.05) is 41.9 Å². The molecule has 3 N–H and O–H groups in total. The number of pyridine rings is 1. The van der Waals surface area contributed by atoms with E-state index < -0.39 is 0 Å². The molecule has 0 spiro atoms. The lowest BCUT2D eigenvalue weighted by Gasteiger charge is -2.12. The quantitative estimate of drug-likeness (QED) is 0.761. The number of nitrogens with one attached hydrogen (secondary N) is 1. The molecule has 0 atom stereocenters. The second-order valence-corrected chi connectivity index (χ2v) is 5.03. The predicted octanol–water partition coefficient (Wildman–Crippen LogP) is 4.08. The van der Waals surface area contributed by atoms with Crippen molar-refractivity contribution in [1.82, 2.24) is 4.98 Å². The van der Waals surface area contributed by atoms with E-state index in [9.17, 15) is 0 Å². The average molecular weight is 284 g/mol. The molecule has 0 aliphatic heterocycles. The smallest absolute Gasteiger partial charge is 0.0743 e. The van der Waals surface area contributed by atoms with Crippen LogP contribution in [0.4, 0.5) is 11.4 Å². The minimum absolute atomic E-state index is 0.644. The van der Waals surface area contributed by atoms with Gasteiger partial charge in [0.1, 0.15) is 0 Å². The first-order valence-corrected chi connectivity index (χ1v) is 6.73. The summed E-state index contributed by atoms with van der Waals surface area (Å²) < 4.78 is 0. The van der Waals surface area contributed by atoms with Gasteiger partial charge >= 0.3 is 0 Å². The molecule has 0 bridgehead atoms. The Morgan fingerprint density at radius 2 is 1.95 bits per heavy atom. The van der Waals surface area contributed by atoms with Crippen molar-refractivity contribution in [3.63, 3.8) is 0 Å². The van der Waals surface area contributed by atoms with Crippen LogP contribution in [0.25, 0.3) is 10.9 Å². The maximum absolute atomic E-state index is 6.03. The number of para-hydroxylation sites is 1. The Bertz CT molecular complexity index is 756. The minimum atomic E-state index is 0.644. The fourth-order valence-electron chi connectivity index (χ4n) is 2.19. The van der Waals surface area contributed by atoms with E-state index in [-0.39, 0.29) is 0 Å². The van der Waals surface area contributed by atoms with Crippen LogP contribution in [0.2, 0.25) is 5.02 Å². The fraction of sp³-hybridized carbons (Fsp3) is 0.0625. The van der Waals surface area contributed by atoms with Gasteiger partial charge in [0.25, 0.3) is 0 Å². The van der Waals surface area contributed by atoms with E-state index >= 15 is 0 Å². The Balaban J connectivity index is 1.92. The molecule has 0 aliphatic rings. The Kier molecular flexibility index (Phi) is 3.44. The monoisotopic (exact) mass is 283 g/mol. The first-order chi connectivity index (χ1) is 9.74. The number of anilines is 2. The molecule has 0 amide bonds. The third kappa shape index (κ3) is 2.53. The van der Waals surface area contributed by atoms with Gasteiger partial charge < -0.3 is 11.1 Å². The zero-order valence-electron chi connectivity index (χ0n) is 10.8. The molecule has 1 aromatic heterocycles. The number of aromatic nitrogens is 1. The van der Waals surface area contributed by atoms with E-state index in [2.05, 4.69) is 10.3 Å². The van der Waals surface area contributed by atoms with Crippen molar-refractivity contribution in [3.05, 3.63) is 65.3 Å². The van der Waals surface area contributed by atoms with Crippen LogP contribution >= 0.6 is 11.6 Å². The highest BCUT2D eigenvalue weighted by Crippen LogP contribution is 2.28. The summed E-state index contributed by atoms with van der Waals surface area (Å²) in [5.41, 5.74) is 9.62. The van der Waals surface area contributed by atoms with Crippen LogP contribution < -0.4 is 11.1 Å². The lowest BCUT2D eigenvalue weighted by molar-refractivity contribution is 1.15. The summed E-state index contributed by atoms with van der Waals surface area (Å²) in [5.74, 6) is 0. The first-order valence-electron chi connectivity index (χ1n) is 6.35. The van der Waals surface area contributed by atoms with Crippen molar-refractivity contribution in [2.24, 2.45) is 0 Å². The van der Waals surface area contributed by atoms with Crippen molar-refractivity contribution in [1.29, 1.82) is 0 Å². The molecule has 2 aromatic carbocycles. The van der Waals surface area contributed by atoms with Gasteiger partial charge in [-0.3, -0.25) is 4.98 Å². The number of halogens is 1. The molecule has 3 aromatic rings. The molecule has 3 rings (SSSR count). The molecule has 0 unspecified atom stereocenters. The Hall–Kier alpha value is -2.26. The number of rotatable bonds is 3. The standard InChI is InChI=1S/C16H14ClN3/c17-12-5-3-4-11(8-12)9-20-16-13-6-1-2-7-15(13)19-10-14(16)18/h1-8,10H,9,18H2,(H,19,20). The van der Waals surface area contributed by atoms with Gasteiger partial charge in [0.05, 0.1) is 23.1 Å². The zero-order chi connectivity index (χ0) is 13.9. The van der Waals surface area contributed by atoms with Gasteiger partial charge in [0.15, 0.2) is 0 Å². The Labute approximate surface area is 122 Å². The molecule has 4 heteroatoms. The molecule has 1 heterocycles. The van der Waals surface area contributed by atoms with Crippen molar-refractivity contribution >= 4 is 33.9 Å². The molecule has 20 heavy (non-hydrogen) atoms. The number of fused-ring (bicyclic) bond motifs is 1. The molecule has 0 saturated carbocycles. The van der Waals surface area contributed by atoms with E-state index in [4.69, 9.17) is 17.3 Å². The second-order valence-electron chi connectivity index (χ2n) is 4.59. The number of nitrogen functional groups attached to an aromatic ring is 1. The third-order valence-corrected chi connectivity index (χ3v) is 3.40. The van der Waals surface area contributed by atoms with Crippen molar-refractivity contribution in [2.75, 3.05) is 11.1 Å². The lowest BCUT2D eigenvalue weighted by atomic mass is 10.1. The molecule has 100 valence electrons. The topological polar surface area (TPSA) is 50.9 Å². The Morgan fingerprint density at radius 1 is 1.10 bits per heavy atom. The van der Waals surface area contributed by atoms with Gasteiger partial charge in [0, 0.05) is 17.0 Å². The van der Waals surface area contributed by atoms with Crippen molar-refractivity contribution < 1.29 is 0 Å². The number of hydrogen-bond acceptors (Lipinski definition) is 3. The van der Waals surface area contributed by atoms with Crippen LogP contribution in [0.1, 0.15) is 5.56 Å². The van der Waals surface area contributed by atoms with E-state index in [1.165, 1.54) is 0 Å². The van der Waals surface area contributed by atoms with Crippen LogP contribution in [0, 0.1) is 0 Å². The highest BCUT2D eigenvalue weighted by atomic mass is 35.5. The van der Waals surface area contributed by atoms with E-state index in [0.717, 1.165) is 27.2 Å². The number of nitrogens with two attached hydrogens (primary N) is 1. The molecule has 3 nitrogen and oxygen atoms in total. The average Bonchev–Trinajstić information content (AvgIpc) is 2.46. The molecule has 0 saturated heterocycles. The fourth-order valence-corrected chi connectivity index (χ4v) is 2.40. The second kappa shape index (κ2) is 5.39. The summed E-state index contributed by atoms with van der Waals surface area (Å²) in [6, 6.07) is 15.7. The van der Waals surface area contributed by atoms with Crippen LogP contribution in [0.15, 0.2) is 54.7 Å². The highest BCUT2D eigenvalue weighted by Gasteiger charge is 2.06. The lowest BCUT2D eigenvalue weighted by Crippen LogP contribution is -2.04. The van der Waals surface area contributed by atoms with Gasteiger partial charge in [-0.2, -0.15) is 0 Å². The summed E-state index contributed by atoms with van der Waals surface area (Å²) >= 11 is 5.99. The molecular formula is C16H14ClN3. The van der Waals surface area contributed by atoms with Gasteiger partial charge in [-0.15, -0.1) is 0 Å². The predicted molar refractivity (Wildman–Crippen MR) is 84.9 cm³/mol. The summed E-state index contributed by atoms with van der Waals surface area (Å²) in [5, 5.41) is 5.13. The molecule has 0 aliphatic carbocycles. The van der Waals surface area contributed by atoms with Crippen LogP contribution in [0.3, 0.4) is 0 Å². The van der Waals surface area contributed by atoms with Crippen molar-refractivity contribution in [2.45, 2.75) is 6.54 Å². The highest BCUT2D eigenvalue weighted by molar-refractivity contribution is 6.30. The van der Waals surface area contributed by atoms with Crippen LogP contribution in [0.5, 0.6) is 0 Å².